The smallest absolute Gasteiger partial charge is 0.251 e. The van der Waals surface area contributed by atoms with E-state index in [0.717, 1.165) is 16.8 Å². The molecule has 0 heterocycles. The van der Waals surface area contributed by atoms with Gasteiger partial charge in [-0.3, -0.25) is 9.59 Å². The lowest BCUT2D eigenvalue weighted by atomic mass is 9.85. The summed E-state index contributed by atoms with van der Waals surface area (Å²) in [6.45, 7) is 10.7. The van der Waals surface area contributed by atoms with E-state index in [-0.39, 0.29) is 17.2 Å². The van der Waals surface area contributed by atoms with Crippen LogP contribution in [0.3, 0.4) is 0 Å². The summed E-state index contributed by atoms with van der Waals surface area (Å²) in [5.41, 5.74) is 3.54. The molecule has 2 aromatic rings. The number of para-hydroxylation sites is 1. The van der Waals surface area contributed by atoms with E-state index < -0.39 is 0 Å². The van der Waals surface area contributed by atoms with E-state index in [1.807, 2.05) is 49.4 Å². The number of anilines is 1. The number of hydrogen-bond donors (Lipinski definition) is 1. The number of rotatable bonds is 5. The van der Waals surface area contributed by atoms with Gasteiger partial charge in [-0.15, -0.1) is 0 Å². The number of aryl methyl sites for hydroxylation is 1. The monoisotopic (exact) mass is 352 g/mol. The van der Waals surface area contributed by atoms with Crippen molar-refractivity contribution in [1.29, 1.82) is 0 Å². The number of benzene rings is 2. The first-order valence-corrected chi connectivity index (χ1v) is 8.93. The van der Waals surface area contributed by atoms with Gasteiger partial charge < -0.3 is 10.2 Å². The summed E-state index contributed by atoms with van der Waals surface area (Å²) >= 11 is 0. The molecule has 0 aliphatic heterocycles. The maximum Gasteiger partial charge on any atom is 0.251 e. The molecule has 0 saturated heterocycles. The first-order valence-electron chi connectivity index (χ1n) is 8.93. The fourth-order valence-corrected chi connectivity index (χ4v) is 2.99. The number of carbonyl (C=O) groups is 2. The Balaban J connectivity index is 2.12. The Labute approximate surface area is 156 Å². The van der Waals surface area contributed by atoms with Crippen molar-refractivity contribution < 1.29 is 9.59 Å². The van der Waals surface area contributed by atoms with E-state index in [1.54, 1.807) is 11.8 Å². The zero-order valence-electron chi connectivity index (χ0n) is 16.3. The van der Waals surface area contributed by atoms with Crippen LogP contribution in [0.25, 0.3) is 0 Å². The third kappa shape index (κ3) is 4.72. The highest BCUT2D eigenvalue weighted by Crippen LogP contribution is 2.31. The van der Waals surface area contributed by atoms with E-state index in [9.17, 15) is 9.59 Å². The Kier molecular flexibility index (Phi) is 6.19. The minimum absolute atomic E-state index is 0.0353. The quantitative estimate of drug-likeness (QED) is 0.882. The highest BCUT2D eigenvalue weighted by Gasteiger charge is 2.22. The average Bonchev–Trinajstić information content (AvgIpc) is 2.58. The molecular weight excluding hydrogens is 324 g/mol. The topological polar surface area (TPSA) is 49.4 Å². The molecule has 0 radical (unpaired) electrons. The summed E-state index contributed by atoms with van der Waals surface area (Å²) in [5, 5.41) is 2.92. The average molecular weight is 352 g/mol. The van der Waals surface area contributed by atoms with Crippen LogP contribution in [0, 0.1) is 6.92 Å². The van der Waals surface area contributed by atoms with Crippen LogP contribution < -0.4 is 10.2 Å². The molecule has 0 atom stereocenters. The molecule has 2 aromatic carbocycles. The van der Waals surface area contributed by atoms with Crippen LogP contribution in [-0.2, 0) is 10.2 Å². The maximum atomic E-state index is 12.4. The predicted molar refractivity (Wildman–Crippen MR) is 107 cm³/mol. The Morgan fingerprint density at radius 1 is 1.00 bits per heavy atom. The second kappa shape index (κ2) is 8.17. The SMILES string of the molecule is CC(=O)N(CCNC(=O)c1ccccc1C)c1ccccc1C(C)(C)C. The van der Waals surface area contributed by atoms with E-state index in [2.05, 4.69) is 32.2 Å². The molecule has 2 amide bonds. The van der Waals surface area contributed by atoms with E-state index >= 15 is 0 Å². The van der Waals surface area contributed by atoms with E-state index in [1.165, 1.54) is 0 Å². The highest BCUT2D eigenvalue weighted by atomic mass is 16.2. The fraction of sp³-hybridized carbons (Fsp3) is 0.364. The lowest BCUT2D eigenvalue weighted by molar-refractivity contribution is -0.116. The molecule has 2 rings (SSSR count). The van der Waals surface area contributed by atoms with Crippen LogP contribution in [0.15, 0.2) is 48.5 Å². The molecule has 0 aliphatic rings. The summed E-state index contributed by atoms with van der Waals surface area (Å²) in [5.74, 6) is -0.150. The molecule has 0 unspecified atom stereocenters. The van der Waals surface area contributed by atoms with Gasteiger partial charge in [-0.25, -0.2) is 0 Å². The van der Waals surface area contributed by atoms with Gasteiger partial charge in [-0.1, -0.05) is 57.2 Å². The van der Waals surface area contributed by atoms with Crippen molar-refractivity contribution >= 4 is 17.5 Å². The van der Waals surface area contributed by atoms with Gasteiger partial charge in [0.2, 0.25) is 5.91 Å². The largest absolute Gasteiger partial charge is 0.350 e. The van der Waals surface area contributed by atoms with Crippen molar-refractivity contribution in [3.05, 3.63) is 65.2 Å². The van der Waals surface area contributed by atoms with Gasteiger partial charge >= 0.3 is 0 Å². The molecule has 0 aliphatic carbocycles. The van der Waals surface area contributed by atoms with Crippen molar-refractivity contribution in [2.45, 2.75) is 40.0 Å². The number of amides is 2. The maximum absolute atomic E-state index is 12.4. The predicted octanol–water partition coefficient (Wildman–Crippen LogP) is 4.08. The van der Waals surface area contributed by atoms with E-state index in [0.29, 0.717) is 18.7 Å². The Hall–Kier alpha value is -2.62. The zero-order valence-corrected chi connectivity index (χ0v) is 16.3. The van der Waals surface area contributed by atoms with Gasteiger partial charge in [0.15, 0.2) is 0 Å². The molecule has 4 heteroatoms. The minimum Gasteiger partial charge on any atom is -0.350 e. The normalized spacial score (nSPS) is 11.1. The van der Waals surface area contributed by atoms with Crippen LogP contribution in [0.2, 0.25) is 0 Å². The van der Waals surface area contributed by atoms with Gasteiger partial charge in [-0.05, 0) is 35.6 Å². The number of nitrogens with zero attached hydrogens (tertiary/aromatic N) is 1. The van der Waals surface area contributed by atoms with Crippen LogP contribution in [0.1, 0.15) is 49.2 Å². The van der Waals surface area contributed by atoms with Gasteiger partial charge in [0, 0.05) is 31.3 Å². The lowest BCUT2D eigenvalue weighted by Gasteiger charge is -2.29. The van der Waals surface area contributed by atoms with Crippen molar-refractivity contribution in [2.75, 3.05) is 18.0 Å². The van der Waals surface area contributed by atoms with Gasteiger partial charge in [-0.2, -0.15) is 0 Å². The minimum atomic E-state index is -0.115. The Morgan fingerprint density at radius 2 is 1.62 bits per heavy atom. The summed E-state index contributed by atoms with van der Waals surface area (Å²) in [6, 6.07) is 15.4. The molecule has 1 N–H and O–H groups in total. The summed E-state index contributed by atoms with van der Waals surface area (Å²) in [6.07, 6.45) is 0. The third-order valence-electron chi connectivity index (χ3n) is 4.39. The first-order chi connectivity index (χ1) is 12.2. The molecule has 0 bridgehead atoms. The summed E-state index contributed by atoms with van der Waals surface area (Å²) < 4.78 is 0. The van der Waals surface area contributed by atoms with E-state index in [4.69, 9.17) is 0 Å². The van der Waals surface area contributed by atoms with Gasteiger partial charge in [0.1, 0.15) is 0 Å². The number of nitrogens with one attached hydrogen (secondary N) is 1. The summed E-state index contributed by atoms with van der Waals surface area (Å²) in [4.78, 5) is 26.3. The third-order valence-corrected chi connectivity index (χ3v) is 4.39. The van der Waals surface area contributed by atoms with Gasteiger partial charge in [0.25, 0.3) is 5.91 Å². The molecule has 4 nitrogen and oxygen atoms in total. The number of carbonyl (C=O) groups excluding carboxylic acids is 2. The van der Waals surface area contributed by atoms with Crippen molar-refractivity contribution in [3.63, 3.8) is 0 Å². The second-order valence-corrected chi connectivity index (χ2v) is 7.51. The van der Waals surface area contributed by atoms with Crippen LogP contribution in [0.4, 0.5) is 5.69 Å². The molecule has 0 aromatic heterocycles. The van der Waals surface area contributed by atoms with Crippen molar-refractivity contribution in [3.8, 4) is 0 Å². The lowest BCUT2D eigenvalue weighted by Crippen LogP contribution is -2.38. The standard InChI is InChI=1S/C22H28N2O2/c1-16-10-6-7-11-18(16)21(26)23-14-15-24(17(2)25)20-13-9-8-12-19(20)22(3,4)5/h6-13H,14-15H2,1-5H3,(H,23,26). The molecular formula is C22H28N2O2. The van der Waals surface area contributed by atoms with Crippen molar-refractivity contribution in [2.24, 2.45) is 0 Å². The second-order valence-electron chi connectivity index (χ2n) is 7.51. The Bertz CT molecular complexity index is 791. The van der Waals surface area contributed by atoms with Crippen LogP contribution in [-0.4, -0.2) is 24.9 Å². The van der Waals surface area contributed by atoms with Gasteiger partial charge in [0.05, 0.1) is 0 Å². The highest BCUT2D eigenvalue weighted by molar-refractivity contribution is 5.96. The first kappa shape index (κ1) is 19.7. The zero-order chi connectivity index (χ0) is 19.3. The molecule has 138 valence electrons. The number of hydrogen-bond acceptors (Lipinski definition) is 2. The Morgan fingerprint density at radius 3 is 2.23 bits per heavy atom. The van der Waals surface area contributed by atoms with Crippen molar-refractivity contribution in [1.82, 2.24) is 5.32 Å². The fourth-order valence-electron chi connectivity index (χ4n) is 2.99. The van der Waals surface area contributed by atoms with Crippen LogP contribution in [0.5, 0.6) is 0 Å². The molecule has 0 saturated carbocycles. The molecule has 26 heavy (non-hydrogen) atoms. The molecule has 0 spiro atoms. The molecule has 0 fully saturated rings. The summed E-state index contributed by atoms with van der Waals surface area (Å²) in [7, 11) is 0. The van der Waals surface area contributed by atoms with Crippen LogP contribution >= 0.6 is 0 Å².